The van der Waals surface area contributed by atoms with E-state index < -0.39 is 22.7 Å². The number of Topliss-reactive ketones (excluding diaryl/α,β-unsaturated/α-hetero) is 1. The van der Waals surface area contributed by atoms with Crippen LogP contribution in [-0.4, -0.2) is 35.8 Å². The molecule has 9 nitrogen and oxygen atoms in total. The van der Waals surface area contributed by atoms with E-state index in [1.807, 2.05) is 20.8 Å². The Bertz CT molecular complexity index is 1090. The number of hydrogen-bond donors (Lipinski definition) is 0. The Hall–Kier alpha value is -3.23. The third-order valence-electron chi connectivity index (χ3n) is 6.35. The fourth-order valence-electron chi connectivity index (χ4n) is 4.85. The van der Waals surface area contributed by atoms with E-state index in [1.54, 1.807) is 6.92 Å². The molecule has 1 aromatic carbocycles. The van der Waals surface area contributed by atoms with E-state index in [0.29, 0.717) is 35.6 Å². The third kappa shape index (κ3) is 4.24. The molecule has 9 heteroatoms. The summed E-state index contributed by atoms with van der Waals surface area (Å²) in [6, 6.07) is 2.82. The van der Waals surface area contributed by atoms with Crippen molar-refractivity contribution >= 4 is 23.2 Å². The Morgan fingerprint density at radius 3 is 2.64 bits per heavy atom. The Balaban J connectivity index is 1.90. The highest BCUT2D eigenvalue weighted by Crippen LogP contribution is 2.51. The molecule has 0 spiro atoms. The van der Waals surface area contributed by atoms with Crippen molar-refractivity contribution in [2.75, 3.05) is 13.4 Å². The standard InChI is InChI=1S/C24H28N2O7/c1-5-6-7-31-23(28)20-13(2)25-15-10-24(3,4)11-17(27)22(15)21(20)14-8-18-19(33-12-32-18)9-16(14)26(29)30/h8-9,20-21H,5-7,10-12H2,1-4H3/t20?,21-/m0/s1. The van der Waals surface area contributed by atoms with E-state index in [9.17, 15) is 19.7 Å². The molecule has 2 heterocycles. The number of rotatable bonds is 6. The first-order chi connectivity index (χ1) is 15.6. The van der Waals surface area contributed by atoms with Crippen molar-refractivity contribution in [3.63, 3.8) is 0 Å². The fourth-order valence-corrected chi connectivity index (χ4v) is 4.85. The molecule has 1 unspecified atom stereocenters. The lowest BCUT2D eigenvalue weighted by molar-refractivity contribution is -0.385. The first kappa shape index (κ1) is 22.9. The number of ketones is 1. The molecule has 0 aromatic heterocycles. The lowest BCUT2D eigenvalue weighted by atomic mass is 9.66. The number of esters is 1. The van der Waals surface area contributed by atoms with Gasteiger partial charge in [0.1, 0.15) is 5.92 Å². The van der Waals surface area contributed by atoms with Gasteiger partial charge in [-0.1, -0.05) is 27.2 Å². The first-order valence-electron chi connectivity index (χ1n) is 11.2. The fraction of sp³-hybridized carbons (Fsp3) is 0.542. The Kier molecular flexibility index (Phi) is 5.99. The van der Waals surface area contributed by atoms with Gasteiger partial charge in [-0.25, -0.2) is 0 Å². The van der Waals surface area contributed by atoms with Gasteiger partial charge in [-0.05, 0) is 31.2 Å². The summed E-state index contributed by atoms with van der Waals surface area (Å²) in [6.07, 6.45) is 2.36. The highest BCUT2D eigenvalue weighted by atomic mass is 16.7. The second-order valence-electron chi connectivity index (χ2n) is 9.55. The molecule has 33 heavy (non-hydrogen) atoms. The van der Waals surface area contributed by atoms with Crippen LogP contribution >= 0.6 is 0 Å². The maximum Gasteiger partial charge on any atom is 0.315 e. The molecule has 0 saturated carbocycles. The van der Waals surface area contributed by atoms with Gasteiger partial charge in [0, 0.05) is 34.9 Å². The van der Waals surface area contributed by atoms with Gasteiger partial charge in [0.25, 0.3) is 5.69 Å². The largest absolute Gasteiger partial charge is 0.465 e. The van der Waals surface area contributed by atoms with Gasteiger partial charge in [-0.3, -0.25) is 24.7 Å². The highest BCUT2D eigenvalue weighted by molar-refractivity contribution is 6.09. The monoisotopic (exact) mass is 456 g/mol. The van der Waals surface area contributed by atoms with E-state index in [-0.39, 0.29) is 48.0 Å². The van der Waals surface area contributed by atoms with Crippen LogP contribution in [0.2, 0.25) is 0 Å². The lowest BCUT2D eigenvalue weighted by Gasteiger charge is -2.38. The maximum atomic E-state index is 13.4. The van der Waals surface area contributed by atoms with Crippen molar-refractivity contribution in [1.82, 2.24) is 0 Å². The SMILES string of the molecule is CCCCOC(=O)C1C(C)=NC2=C(C(=O)CC(C)(C)C2)[C@H]1c1cc2c(cc1[N+](=O)[O-])OCO2. The molecule has 3 aliphatic rings. The predicted octanol–water partition coefficient (Wildman–Crippen LogP) is 4.48. The van der Waals surface area contributed by atoms with Gasteiger partial charge >= 0.3 is 5.97 Å². The Morgan fingerprint density at radius 1 is 1.27 bits per heavy atom. The molecule has 176 valence electrons. The lowest BCUT2D eigenvalue weighted by Crippen LogP contribution is -2.39. The van der Waals surface area contributed by atoms with Crippen LogP contribution in [0.3, 0.4) is 0 Å². The number of allylic oxidation sites excluding steroid dienone is 2. The average molecular weight is 456 g/mol. The minimum atomic E-state index is -0.940. The van der Waals surface area contributed by atoms with Crippen LogP contribution in [0.25, 0.3) is 0 Å². The van der Waals surface area contributed by atoms with Crippen LogP contribution in [0, 0.1) is 21.4 Å². The summed E-state index contributed by atoms with van der Waals surface area (Å²) in [5, 5.41) is 12.0. The Morgan fingerprint density at radius 2 is 1.97 bits per heavy atom. The molecule has 1 aliphatic carbocycles. The summed E-state index contributed by atoms with van der Waals surface area (Å²) in [4.78, 5) is 42.8. The van der Waals surface area contributed by atoms with Crippen LogP contribution < -0.4 is 9.47 Å². The molecule has 0 bridgehead atoms. The minimum Gasteiger partial charge on any atom is -0.465 e. The number of fused-ring (bicyclic) bond motifs is 1. The zero-order chi connectivity index (χ0) is 23.9. The van der Waals surface area contributed by atoms with Crippen LogP contribution in [-0.2, 0) is 14.3 Å². The molecule has 2 atom stereocenters. The normalized spacial score (nSPS) is 23.2. The molecular formula is C24H28N2O7. The van der Waals surface area contributed by atoms with E-state index in [1.165, 1.54) is 12.1 Å². The quantitative estimate of drug-likeness (QED) is 0.268. The smallest absolute Gasteiger partial charge is 0.315 e. The number of carbonyl (C=O) groups is 2. The van der Waals surface area contributed by atoms with Crippen molar-refractivity contribution in [2.45, 2.75) is 59.3 Å². The predicted molar refractivity (Wildman–Crippen MR) is 119 cm³/mol. The second-order valence-corrected chi connectivity index (χ2v) is 9.55. The third-order valence-corrected chi connectivity index (χ3v) is 6.35. The molecule has 4 rings (SSSR count). The van der Waals surface area contributed by atoms with Crippen molar-refractivity contribution in [2.24, 2.45) is 16.3 Å². The summed E-state index contributed by atoms with van der Waals surface area (Å²) in [5.41, 5.74) is 1.14. The van der Waals surface area contributed by atoms with Gasteiger partial charge in [-0.15, -0.1) is 0 Å². The number of benzene rings is 1. The summed E-state index contributed by atoms with van der Waals surface area (Å²) in [7, 11) is 0. The van der Waals surface area contributed by atoms with Crippen molar-refractivity contribution in [3.8, 4) is 11.5 Å². The zero-order valence-electron chi connectivity index (χ0n) is 19.3. The van der Waals surface area contributed by atoms with Crippen LogP contribution in [0.5, 0.6) is 11.5 Å². The summed E-state index contributed by atoms with van der Waals surface area (Å²) in [6.45, 7) is 7.87. The van der Waals surface area contributed by atoms with E-state index in [0.717, 1.165) is 6.42 Å². The molecule has 0 fully saturated rings. The van der Waals surface area contributed by atoms with Gasteiger partial charge in [-0.2, -0.15) is 0 Å². The van der Waals surface area contributed by atoms with Crippen molar-refractivity contribution in [1.29, 1.82) is 0 Å². The van der Waals surface area contributed by atoms with Crippen LogP contribution in [0.1, 0.15) is 64.9 Å². The number of nitro groups is 1. The molecular weight excluding hydrogens is 428 g/mol. The summed E-state index contributed by atoms with van der Waals surface area (Å²) >= 11 is 0. The Labute approximate surface area is 192 Å². The molecule has 0 saturated heterocycles. The number of hydrogen-bond acceptors (Lipinski definition) is 8. The number of carbonyl (C=O) groups excluding carboxylic acids is 2. The number of ether oxygens (including phenoxy) is 3. The van der Waals surface area contributed by atoms with E-state index >= 15 is 0 Å². The zero-order valence-corrected chi connectivity index (χ0v) is 19.3. The maximum absolute atomic E-state index is 13.4. The number of aliphatic imine (C=N–C) groups is 1. The summed E-state index contributed by atoms with van der Waals surface area (Å²) in [5.74, 6) is -1.90. The van der Waals surface area contributed by atoms with Gasteiger partial charge in [0.15, 0.2) is 17.3 Å². The van der Waals surface area contributed by atoms with E-state index in [2.05, 4.69) is 4.99 Å². The van der Waals surface area contributed by atoms with Gasteiger partial charge in [0.05, 0.1) is 17.6 Å². The van der Waals surface area contributed by atoms with Gasteiger partial charge in [0.2, 0.25) is 6.79 Å². The minimum absolute atomic E-state index is 0.0509. The van der Waals surface area contributed by atoms with Crippen molar-refractivity contribution < 1.29 is 28.7 Å². The number of nitro benzene ring substituents is 1. The number of unbranched alkanes of at least 4 members (excludes halogenated alkanes) is 1. The van der Waals surface area contributed by atoms with Gasteiger partial charge < -0.3 is 14.2 Å². The second kappa shape index (κ2) is 8.61. The molecule has 0 radical (unpaired) electrons. The van der Waals surface area contributed by atoms with Crippen LogP contribution in [0.4, 0.5) is 5.69 Å². The average Bonchev–Trinajstić information content (AvgIpc) is 3.18. The molecule has 1 aromatic rings. The topological polar surface area (TPSA) is 117 Å². The van der Waals surface area contributed by atoms with E-state index in [4.69, 9.17) is 14.2 Å². The van der Waals surface area contributed by atoms with Crippen LogP contribution in [0.15, 0.2) is 28.4 Å². The van der Waals surface area contributed by atoms with Crippen molar-refractivity contribution in [3.05, 3.63) is 39.1 Å². The molecule has 0 amide bonds. The molecule has 0 N–H and O–H groups in total. The first-order valence-corrected chi connectivity index (χ1v) is 11.2. The molecule has 2 aliphatic heterocycles. The number of nitrogens with zero attached hydrogens (tertiary/aromatic N) is 2. The summed E-state index contributed by atoms with van der Waals surface area (Å²) < 4.78 is 16.3. The highest BCUT2D eigenvalue weighted by Gasteiger charge is 2.48.